The van der Waals surface area contributed by atoms with Crippen molar-refractivity contribution in [3.63, 3.8) is 0 Å². The molecule has 0 bridgehead atoms. The summed E-state index contributed by atoms with van der Waals surface area (Å²) in [4.78, 5) is 0. The van der Waals surface area contributed by atoms with E-state index in [-0.39, 0.29) is 51.4 Å². The summed E-state index contributed by atoms with van der Waals surface area (Å²) in [6.45, 7) is 0. The van der Waals surface area contributed by atoms with E-state index in [0.29, 0.717) is 0 Å². The molecule has 0 N–H and O–H groups in total. The minimum atomic E-state index is -1.48. The molecule has 0 heterocycles. The summed E-state index contributed by atoms with van der Waals surface area (Å²) in [6, 6.07) is 0. The zero-order chi connectivity index (χ0) is 3.58. The van der Waals surface area contributed by atoms with Gasteiger partial charge < -0.3 is 0 Å². The van der Waals surface area contributed by atoms with E-state index in [0.717, 1.165) is 0 Å². The van der Waals surface area contributed by atoms with E-state index in [1.54, 1.807) is 0 Å². The summed E-state index contributed by atoms with van der Waals surface area (Å²) in [5.41, 5.74) is 0. The normalized spacial score (nSPS) is 9.00. The summed E-state index contributed by atoms with van der Waals surface area (Å²) in [7, 11) is 14.7. The summed E-state index contributed by atoms with van der Waals surface area (Å²) < 4.78 is 0. The Morgan fingerprint density at radius 1 is 1.00 bits per heavy atom. The van der Waals surface area contributed by atoms with Gasteiger partial charge in [0.05, 0.1) is 0 Å². The van der Waals surface area contributed by atoms with Crippen molar-refractivity contribution >= 4 is 81.7 Å². The zero-order valence-corrected chi connectivity index (χ0v) is 4.96. The van der Waals surface area contributed by atoms with Crippen molar-refractivity contribution in [1.82, 2.24) is 0 Å². The standard InChI is InChI=1S/3ClH.K.Mn.H/h3*1H;;;/q;;;;+3;/p-3. The van der Waals surface area contributed by atoms with Crippen molar-refractivity contribution in [3.8, 4) is 0 Å². The average molecular weight is 201 g/mol. The molecule has 0 aromatic heterocycles. The van der Waals surface area contributed by atoms with Crippen molar-refractivity contribution in [2.45, 2.75) is 0 Å². The molecule has 0 saturated heterocycles. The molecule has 0 saturated carbocycles. The Kier molecular flexibility index (Phi) is 15.3. The molecule has 0 unspecified atom stereocenters. The van der Waals surface area contributed by atoms with Crippen LogP contribution in [-0.4, -0.2) is 51.4 Å². The van der Waals surface area contributed by atoms with Gasteiger partial charge in [-0.25, -0.2) is 0 Å². The van der Waals surface area contributed by atoms with Crippen LogP contribution in [0.25, 0.3) is 0 Å². The topological polar surface area (TPSA) is 0 Å². The third kappa shape index (κ3) is 19.4. The van der Waals surface area contributed by atoms with Crippen LogP contribution in [0.3, 0.4) is 0 Å². The van der Waals surface area contributed by atoms with E-state index in [4.69, 9.17) is 30.3 Å². The van der Waals surface area contributed by atoms with Crippen molar-refractivity contribution < 1.29 is 11.2 Å². The van der Waals surface area contributed by atoms with Crippen LogP contribution in [0.5, 0.6) is 0 Å². The molecule has 5 heteroatoms. The summed E-state index contributed by atoms with van der Waals surface area (Å²) in [5.74, 6) is 0. The molecule has 30 valence electrons. The molecule has 0 aromatic carbocycles. The maximum absolute atomic E-state index is 4.91. The van der Waals surface area contributed by atoms with Crippen LogP contribution in [-0.2, 0) is 11.2 Å². The Labute approximate surface area is 90.5 Å². The van der Waals surface area contributed by atoms with Crippen LogP contribution in [0.4, 0.5) is 0 Å². The number of rotatable bonds is 0. The first-order chi connectivity index (χ1) is 1.73. The molecule has 5 heavy (non-hydrogen) atoms. The van der Waals surface area contributed by atoms with Gasteiger partial charge in [0.25, 0.3) is 0 Å². The van der Waals surface area contributed by atoms with Crippen LogP contribution >= 0.6 is 30.3 Å². The van der Waals surface area contributed by atoms with Gasteiger partial charge >= 0.3 is 92.8 Å². The summed E-state index contributed by atoms with van der Waals surface area (Å²) in [5, 5.41) is 0. The predicted molar refractivity (Wildman–Crippen MR) is 24.7 cm³/mol. The number of hydrogen-bond donors (Lipinski definition) is 0. The minimum absolute atomic E-state index is 0. The number of halogens is 3. The molecule has 0 radical (unpaired) electrons. The molecular weight excluding hydrogens is 200 g/mol. The van der Waals surface area contributed by atoms with Gasteiger partial charge in [-0.1, -0.05) is 0 Å². The van der Waals surface area contributed by atoms with Crippen molar-refractivity contribution in [1.29, 1.82) is 0 Å². The third-order valence-electron chi connectivity index (χ3n) is 0. The van der Waals surface area contributed by atoms with Crippen molar-refractivity contribution in [3.05, 3.63) is 0 Å². The second-order valence-electron chi connectivity index (χ2n) is 0.162. The van der Waals surface area contributed by atoms with Crippen LogP contribution in [0.15, 0.2) is 0 Å². The fourth-order valence-electron chi connectivity index (χ4n) is 0. The maximum atomic E-state index is 4.91. The van der Waals surface area contributed by atoms with Crippen LogP contribution < -0.4 is 0 Å². The van der Waals surface area contributed by atoms with E-state index in [2.05, 4.69) is 0 Å². The van der Waals surface area contributed by atoms with Gasteiger partial charge in [0.2, 0.25) is 0 Å². The van der Waals surface area contributed by atoms with Gasteiger partial charge in [-0.15, -0.1) is 0 Å². The Morgan fingerprint density at radius 3 is 1.00 bits per heavy atom. The molecule has 0 nitrogen and oxygen atoms in total. The fraction of sp³-hybridized carbons (Fsp3) is 0. The SMILES string of the molecule is [Cl][Mn]([Cl])[Cl].[KH]. The average Bonchev–Trinajstić information content (AvgIpc) is 0.811. The molecular formula is HCl3KMn. The van der Waals surface area contributed by atoms with Gasteiger partial charge in [-0.3, -0.25) is 0 Å². The molecule has 0 atom stereocenters. The van der Waals surface area contributed by atoms with Gasteiger partial charge in [0, 0.05) is 0 Å². The molecule has 0 fully saturated rings. The van der Waals surface area contributed by atoms with Crippen LogP contribution in [0.1, 0.15) is 0 Å². The van der Waals surface area contributed by atoms with E-state index in [9.17, 15) is 0 Å². The van der Waals surface area contributed by atoms with Gasteiger partial charge in [0.15, 0.2) is 0 Å². The molecule has 0 aliphatic rings. The first kappa shape index (κ1) is 10.9. The van der Waals surface area contributed by atoms with Gasteiger partial charge in [-0.05, 0) is 0 Å². The van der Waals surface area contributed by atoms with E-state index in [1.807, 2.05) is 0 Å². The molecule has 0 aliphatic carbocycles. The zero-order valence-electron chi connectivity index (χ0n) is 1.51. The first-order valence-corrected chi connectivity index (χ1v) is 5.30. The molecule has 0 rings (SSSR count). The molecule has 0 spiro atoms. The fourth-order valence-corrected chi connectivity index (χ4v) is 0. The summed E-state index contributed by atoms with van der Waals surface area (Å²) >= 11 is -1.48. The Morgan fingerprint density at radius 2 is 1.00 bits per heavy atom. The Balaban J connectivity index is 0. The first-order valence-electron chi connectivity index (χ1n) is 0.429. The second-order valence-corrected chi connectivity index (χ2v) is 6.01. The Bertz CT molecular complexity index is 11.6. The van der Waals surface area contributed by atoms with Gasteiger partial charge in [0.1, 0.15) is 0 Å². The quantitative estimate of drug-likeness (QED) is 0.520. The van der Waals surface area contributed by atoms with Crippen molar-refractivity contribution in [2.24, 2.45) is 0 Å². The van der Waals surface area contributed by atoms with E-state index in [1.165, 1.54) is 0 Å². The number of hydrogen-bond acceptors (Lipinski definition) is 0. The predicted octanol–water partition coefficient (Wildman–Crippen LogP) is 1.42. The third-order valence-corrected chi connectivity index (χ3v) is 0. The molecule has 0 aromatic rings. The summed E-state index contributed by atoms with van der Waals surface area (Å²) in [6.07, 6.45) is 0. The van der Waals surface area contributed by atoms with E-state index >= 15 is 0 Å². The van der Waals surface area contributed by atoms with E-state index < -0.39 is 11.2 Å². The van der Waals surface area contributed by atoms with Crippen molar-refractivity contribution in [2.75, 3.05) is 0 Å². The second kappa shape index (κ2) is 7.03. The monoisotopic (exact) mass is 200 g/mol. The molecule has 0 aliphatic heterocycles. The molecule has 0 amide bonds. The van der Waals surface area contributed by atoms with Crippen LogP contribution in [0.2, 0.25) is 0 Å². The van der Waals surface area contributed by atoms with Gasteiger partial charge in [-0.2, -0.15) is 0 Å². The Hall–Kier alpha value is 3.03. The van der Waals surface area contributed by atoms with Crippen LogP contribution in [0, 0.1) is 0 Å².